The van der Waals surface area contributed by atoms with Crippen molar-refractivity contribution < 1.29 is 9.53 Å². The molecule has 1 atom stereocenters. The Labute approximate surface area is 180 Å². The molecule has 2 aromatic heterocycles. The maximum atomic E-state index is 12.8. The molecule has 1 unspecified atom stereocenters. The van der Waals surface area contributed by atoms with Crippen LogP contribution in [0.1, 0.15) is 22.5 Å². The number of carbonyl (C=O) groups excluding carboxylic acids is 1. The Kier molecular flexibility index (Phi) is 4.94. The zero-order valence-corrected chi connectivity index (χ0v) is 17.7. The van der Waals surface area contributed by atoms with E-state index in [-0.39, 0.29) is 17.4 Å². The number of ether oxygens (including phenoxy) is 1. The molecule has 0 radical (unpaired) electrons. The average molecular weight is 419 g/mol. The average Bonchev–Trinajstić information content (AvgIpc) is 3.08. The van der Waals surface area contributed by atoms with Crippen molar-refractivity contribution in [2.45, 2.75) is 39.5 Å². The maximum absolute atomic E-state index is 12.8. The quantitative estimate of drug-likeness (QED) is 0.642. The number of hydrogen-bond acceptors (Lipinski definition) is 5. The fraction of sp³-hybridized carbons (Fsp3) is 0.391. The van der Waals surface area contributed by atoms with Crippen molar-refractivity contribution in [1.29, 1.82) is 0 Å². The van der Waals surface area contributed by atoms with E-state index < -0.39 is 6.10 Å². The predicted octanol–water partition coefficient (Wildman–Crippen LogP) is 1.65. The minimum absolute atomic E-state index is 0.0300. The van der Waals surface area contributed by atoms with Gasteiger partial charge in [-0.2, -0.15) is 5.10 Å². The van der Waals surface area contributed by atoms with E-state index in [0.717, 1.165) is 17.0 Å². The van der Waals surface area contributed by atoms with Gasteiger partial charge in [0, 0.05) is 37.2 Å². The van der Waals surface area contributed by atoms with Gasteiger partial charge in [0.2, 0.25) is 0 Å². The molecule has 0 saturated carbocycles. The number of rotatable bonds is 4. The first-order valence-corrected chi connectivity index (χ1v) is 10.6. The first kappa shape index (κ1) is 19.7. The third kappa shape index (κ3) is 3.79. The molecular weight excluding hydrogens is 394 g/mol. The molecule has 1 aromatic carbocycles. The van der Waals surface area contributed by atoms with Crippen LogP contribution < -0.4 is 5.56 Å². The van der Waals surface area contributed by atoms with Crippen molar-refractivity contribution in [3.8, 4) is 5.82 Å². The summed E-state index contributed by atoms with van der Waals surface area (Å²) in [6.07, 6.45) is 0.188. The summed E-state index contributed by atoms with van der Waals surface area (Å²) in [4.78, 5) is 27.0. The predicted molar refractivity (Wildman–Crippen MR) is 114 cm³/mol. The standard InChI is InChI=1S/C23H25N5O3/c1-15-9-16(2)28(24-15)21-7-8-22(29)27(25-21)13-17-11-26(12-17)23(30)20-10-18-5-3-4-6-19(18)14-31-20/h3-9,17,20H,10-14H2,1-2H3. The van der Waals surface area contributed by atoms with E-state index in [0.29, 0.717) is 38.5 Å². The van der Waals surface area contributed by atoms with E-state index in [2.05, 4.69) is 16.3 Å². The lowest BCUT2D eigenvalue weighted by molar-refractivity contribution is -0.152. The van der Waals surface area contributed by atoms with Crippen LogP contribution in [0.4, 0.5) is 0 Å². The minimum Gasteiger partial charge on any atom is -0.363 e. The number of aryl methyl sites for hydroxylation is 2. The molecule has 1 amide bonds. The van der Waals surface area contributed by atoms with Gasteiger partial charge in [-0.25, -0.2) is 9.36 Å². The molecular formula is C23H25N5O3. The highest BCUT2D eigenvalue weighted by Crippen LogP contribution is 2.25. The number of aromatic nitrogens is 4. The van der Waals surface area contributed by atoms with Crippen LogP contribution in [0.2, 0.25) is 0 Å². The third-order valence-electron chi connectivity index (χ3n) is 6.02. The molecule has 1 fully saturated rings. The second-order valence-electron chi connectivity index (χ2n) is 8.43. The fourth-order valence-corrected chi connectivity index (χ4v) is 4.36. The maximum Gasteiger partial charge on any atom is 0.266 e. The topological polar surface area (TPSA) is 82.2 Å². The summed E-state index contributed by atoms with van der Waals surface area (Å²) in [5, 5.41) is 8.94. The highest BCUT2D eigenvalue weighted by molar-refractivity contribution is 5.82. The van der Waals surface area contributed by atoms with Crippen molar-refractivity contribution in [3.63, 3.8) is 0 Å². The van der Waals surface area contributed by atoms with Gasteiger partial charge in [0.05, 0.1) is 18.8 Å². The van der Waals surface area contributed by atoms with Crippen LogP contribution in [0.3, 0.4) is 0 Å². The lowest BCUT2D eigenvalue weighted by Gasteiger charge is -2.41. The molecule has 8 heteroatoms. The van der Waals surface area contributed by atoms with Crippen LogP contribution >= 0.6 is 0 Å². The third-order valence-corrected chi connectivity index (χ3v) is 6.02. The number of amides is 1. The Morgan fingerprint density at radius 1 is 1.10 bits per heavy atom. The summed E-state index contributed by atoms with van der Waals surface area (Å²) in [5.41, 5.74) is 4.05. The van der Waals surface area contributed by atoms with E-state index in [9.17, 15) is 9.59 Å². The summed E-state index contributed by atoms with van der Waals surface area (Å²) in [5.74, 6) is 0.843. The van der Waals surface area contributed by atoms with Crippen LogP contribution in [0.25, 0.3) is 5.82 Å². The molecule has 4 heterocycles. The van der Waals surface area contributed by atoms with Crippen LogP contribution in [0, 0.1) is 19.8 Å². The summed E-state index contributed by atoms with van der Waals surface area (Å²) in [7, 11) is 0. The van der Waals surface area contributed by atoms with E-state index >= 15 is 0 Å². The van der Waals surface area contributed by atoms with Gasteiger partial charge >= 0.3 is 0 Å². The van der Waals surface area contributed by atoms with E-state index in [4.69, 9.17) is 4.74 Å². The smallest absolute Gasteiger partial charge is 0.266 e. The Balaban J connectivity index is 1.22. The van der Waals surface area contributed by atoms with Gasteiger partial charge in [0.25, 0.3) is 11.5 Å². The van der Waals surface area contributed by atoms with Crippen molar-refractivity contribution in [3.05, 3.63) is 75.3 Å². The number of fused-ring (bicyclic) bond motifs is 1. The first-order valence-electron chi connectivity index (χ1n) is 10.6. The number of benzene rings is 1. The number of hydrogen-bond donors (Lipinski definition) is 0. The molecule has 31 heavy (non-hydrogen) atoms. The second-order valence-corrected chi connectivity index (χ2v) is 8.43. The van der Waals surface area contributed by atoms with E-state index in [1.807, 2.05) is 43.0 Å². The Hall–Kier alpha value is -3.26. The van der Waals surface area contributed by atoms with Gasteiger partial charge in [-0.3, -0.25) is 9.59 Å². The van der Waals surface area contributed by atoms with Gasteiger partial charge in [-0.05, 0) is 37.1 Å². The molecule has 0 bridgehead atoms. The van der Waals surface area contributed by atoms with Crippen molar-refractivity contribution in [2.75, 3.05) is 13.1 Å². The lowest BCUT2D eigenvalue weighted by Crippen LogP contribution is -2.56. The summed E-state index contributed by atoms with van der Waals surface area (Å²) >= 11 is 0. The van der Waals surface area contributed by atoms with Gasteiger partial charge in [0.15, 0.2) is 5.82 Å². The summed E-state index contributed by atoms with van der Waals surface area (Å²) in [6, 6.07) is 13.3. The fourth-order valence-electron chi connectivity index (χ4n) is 4.36. The summed E-state index contributed by atoms with van der Waals surface area (Å²) in [6.45, 7) is 6.05. The second kappa shape index (κ2) is 7.77. The monoisotopic (exact) mass is 419 g/mol. The van der Waals surface area contributed by atoms with Crippen LogP contribution in [0.5, 0.6) is 0 Å². The molecule has 8 nitrogen and oxygen atoms in total. The first-order chi connectivity index (χ1) is 15.0. The van der Waals surface area contributed by atoms with Crippen molar-refractivity contribution in [2.24, 2.45) is 5.92 Å². The van der Waals surface area contributed by atoms with Crippen LogP contribution in [-0.4, -0.2) is 49.6 Å². The molecule has 2 aliphatic rings. The van der Waals surface area contributed by atoms with Crippen molar-refractivity contribution in [1.82, 2.24) is 24.5 Å². The Morgan fingerprint density at radius 2 is 1.87 bits per heavy atom. The zero-order chi connectivity index (χ0) is 21.5. The Bertz CT molecular complexity index is 1190. The molecule has 2 aliphatic heterocycles. The molecule has 0 spiro atoms. The largest absolute Gasteiger partial charge is 0.363 e. The minimum atomic E-state index is -0.425. The molecule has 160 valence electrons. The summed E-state index contributed by atoms with van der Waals surface area (Å²) < 4.78 is 9.02. The number of carbonyl (C=O) groups is 1. The zero-order valence-electron chi connectivity index (χ0n) is 17.7. The highest BCUT2D eigenvalue weighted by Gasteiger charge is 2.36. The molecule has 0 N–H and O–H groups in total. The lowest BCUT2D eigenvalue weighted by atomic mass is 9.95. The van der Waals surface area contributed by atoms with Gasteiger partial charge in [-0.15, -0.1) is 5.10 Å². The molecule has 5 rings (SSSR count). The molecule has 0 aliphatic carbocycles. The normalized spacial score (nSPS) is 18.5. The van der Waals surface area contributed by atoms with Crippen LogP contribution in [-0.2, 0) is 29.1 Å². The van der Waals surface area contributed by atoms with E-state index in [1.165, 1.54) is 16.3 Å². The highest BCUT2D eigenvalue weighted by atomic mass is 16.5. The number of likely N-dealkylation sites (tertiary alicyclic amines) is 1. The molecule has 1 saturated heterocycles. The Morgan fingerprint density at radius 3 is 2.61 bits per heavy atom. The van der Waals surface area contributed by atoms with Crippen LogP contribution in [0.15, 0.2) is 47.3 Å². The molecule has 3 aromatic rings. The SMILES string of the molecule is Cc1cc(C)n(-c2ccc(=O)n(CC3CN(C(=O)C4Cc5ccccc5CO4)C3)n2)n1. The van der Waals surface area contributed by atoms with Gasteiger partial charge < -0.3 is 9.64 Å². The van der Waals surface area contributed by atoms with E-state index in [1.54, 1.807) is 10.7 Å². The number of nitrogens with zero attached hydrogens (tertiary/aromatic N) is 5. The van der Waals surface area contributed by atoms with Gasteiger partial charge in [0.1, 0.15) is 6.10 Å². The van der Waals surface area contributed by atoms with Crippen molar-refractivity contribution >= 4 is 5.91 Å². The van der Waals surface area contributed by atoms with Gasteiger partial charge in [-0.1, -0.05) is 24.3 Å².